The van der Waals surface area contributed by atoms with Gasteiger partial charge in [-0.05, 0) is 24.6 Å². The monoisotopic (exact) mass is 301 g/mol. The summed E-state index contributed by atoms with van der Waals surface area (Å²) < 4.78 is 4.90. The summed E-state index contributed by atoms with van der Waals surface area (Å²) in [5.74, 6) is -0.518. The molecule has 16 heavy (non-hydrogen) atoms. The number of carbonyl (C=O) groups excluding carboxylic acids is 1. The predicted octanol–water partition coefficient (Wildman–Crippen LogP) is 3.28. The van der Waals surface area contributed by atoms with Crippen molar-refractivity contribution < 1.29 is 9.53 Å². The lowest BCUT2D eigenvalue weighted by molar-refractivity contribution is 0.0525. The van der Waals surface area contributed by atoms with E-state index in [0.717, 1.165) is 0 Å². The van der Waals surface area contributed by atoms with E-state index in [4.69, 9.17) is 21.6 Å². The van der Waals surface area contributed by atoms with Gasteiger partial charge in [0.05, 0.1) is 17.7 Å². The molecule has 0 aliphatic carbocycles. The van der Waals surface area contributed by atoms with Crippen molar-refractivity contribution in [3.8, 4) is 6.07 Å². The lowest BCUT2D eigenvalue weighted by Crippen LogP contribution is -2.10. The Kier molecular flexibility index (Phi) is 4.78. The van der Waals surface area contributed by atoms with E-state index >= 15 is 0 Å². The lowest BCUT2D eigenvalue weighted by atomic mass is 10.0. The summed E-state index contributed by atoms with van der Waals surface area (Å²) in [4.78, 5) is 11.7. The minimum Gasteiger partial charge on any atom is -0.462 e. The first-order valence-corrected chi connectivity index (χ1v) is 6.10. The normalized spacial score (nSPS) is 9.62. The van der Waals surface area contributed by atoms with Crippen LogP contribution < -0.4 is 0 Å². The Morgan fingerprint density at radius 2 is 2.31 bits per heavy atom. The second-order valence-corrected chi connectivity index (χ2v) is 3.88. The van der Waals surface area contributed by atoms with Gasteiger partial charge in [0.2, 0.25) is 0 Å². The fraction of sp³-hybridized carbons (Fsp3) is 0.273. The number of benzene rings is 1. The van der Waals surface area contributed by atoms with Crippen LogP contribution in [0.15, 0.2) is 12.1 Å². The van der Waals surface area contributed by atoms with Crippen molar-refractivity contribution in [2.24, 2.45) is 0 Å². The Morgan fingerprint density at radius 1 is 1.62 bits per heavy atom. The summed E-state index contributed by atoms with van der Waals surface area (Å²) in [7, 11) is 0. The summed E-state index contributed by atoms with van der Waals surface area (Å²) in [6.45, 7) is 1.97. The average molecular weight is 303 g/mol. The zero-order valence-corrected chi connectivity index (χ0v) is 10.9. The summed E-state index contributed by atoms with van der Waals surface area (Å²) in [5, 5.41) is 9.77. The van der Waals surface area contributed by atoms with Crippen LogP contribution in [0.1, 0.15) is 28.4 Å². The van der Waals surface area contributed by atoms with Gasteiger partial charge in [-0.1, -0.05) is 27.5 Å². The Hall–Kier alpha value is -1.05. The second kappa shape index (κ2) is 5.88. The molecule has 0 unspecified atom stereocenters. The molecule has 84 valence electrons. The van der Waals surface area contributed by atoms with Crippen LogP contribution in [0.2, 0.25) is 5.02 Å². The van der Waals surface area contributed by atoms with Gasteiger partial charge in [-0.15, -0.1) is 0 Å². The second-order valence-electron chi connectivity index (χ2n) is 2.91. The highest BCUT2D eigenvalue weighted by atomic mass is 79.9. The first-order chi connectivity index (χ1) is 7.65. The predicted molar refractivity (Wildman–Crippen MR) is 64.8 cm³/mol. The minimum absolute atomic E-state index is 0.244. The van der Waals surface area contributed by atoms with Crippen LogP contribution in [0.4, 0.5) is 0 Å². The maximum absolute atomic E-state index is 11.7. The van der Waals surface area contributed by atoms with Gasteiger partial charge in [-0.25, -0.2) is 4.79 Å². The third kappa shape index (κ3) is 2.55. The average Bonchev–Trinajstić information content (AvgIpc) is 2.28. The van der Waals surface area contributed by atoms with E-state index in [1.54, 1.807) is 13.0 Å². The standard InChI is InChI=1S/C11H9BrClNO2/c1-2-16-11(15)10-7(6-14)3-4-9(13)8(10)5-12/h3-4H,2,5H2,1H3. The molecule has 1 rings (SSSR count). The molecule has 0 heterocycles. The molecular weight excluding hydrogens is 293 g/mol. The van der Waals surface area contributed by atoms with Gasteiger partial charge in [-0.3, -0.25) is 0 Å². The zero-order valence-electron chi connectivity index (χ0n) is 8.59. The highest BCUT2D eigenvalue weighted by Gasteiger charge is 2.19. The number of carbonyl (C=O) groups is 1. The van der Waals surface area contributed by atoms with Crippen molar-refractivity contribution in [2.45, 2.75) is 12.3 Å². The van der Waals surface area contributed by atoms with Gasteiger partial charge in [0.25, 0.3) is 0 Å². The first kappa shape index (κ1) is 13.0. The van der Waals surface area contributed by atoms with E-state index in [9.17, 15) is 4.79 Å². The zero-order chi connectivity index (χ0) is 12.1. The topological polar surface area (TPSA) is 50.1 Å². The van der Waals surface area contributed by atoms with Crippen molar-refractivity contribution in [3.05, 3.63) is 33.8 Å². The van der Waals surface area contributed by atoms with Crippen LogP contribution >= 0.6 is 27.5 Å². The van der Waals surface area contributed by atoms with Crippen LogP contribution in [0, 0.1) is 11.3 Å². The van der Waals surface area contributed by atoms with Crippen LogP contribution in [-0.2, 0) is 10.1 Å². The van der Waals surface area contributed by atoms with Gasteiger partial charge in [-0.2, -0.15) is 5.26 Å². The summed E-state index contributed by atoms with van der Waals surface area (Å²) in [5.41, 5.74) is 1.10. The molecular formula is C11H9BrClNO2. The molecule has 0 radical (unpaired) electrons. The molecule has 5 heteroatoms. The lowest BCUT2D eigenvalue weighted by Gasteiger charge is -2.09. The SMILES string of the molecule is CCOC(=O)c1c(C#N)ccc(Cl)c1CBr. The number of nitrogens with zero attached hydrogens (tertiary/aromatic N) is 1. The molecule has 0 aliphatic heterocycles. The molecule has 0 amide bonds. The molecule has 1 aromatic rings. The smallest absolute Gasteiger partial charge is 0.339 e. The van der Waals surface area contributed by atoms with Gasteiger partial charge >= 0.3 is 5.97 Å². The van der Waals surface area contributed by atoms with Crippen LogP contribution in [0.3, 0.4) is 0 Å². The number of ether oxygens (including phenoxy) is 1. The van der Waals surface area contributed by atoms with Crippen molar-refractivity contribution in [1.29, 1.82) is 5.26 Å². The summed E-state index contributed by atoms with van der Waals surface area (Å²) >= 11 is 9.20. The maximum Gasteiger partial charge on any atom is 0.339 e. The third-order valence-electron chi connectivity index (χ3n) is 1.99. The number of hydrogen-bond donors (Lipinski definition) is 0. The molecule has 0 saturated heterocycles. The Labute approximate surface area is 107 Å². The number of esters is 1. The minimum atomic E-state index is -0.518. The number of nitriles is 1. The van der Waals surface area contributed by atoms with Gasteiger partial charge < -0.3 is 4.74 Å². The van der Waals surface area contributed by atoms with Crippen molar-refractivity contribution in [2.75, 3.05) is 6.61 Å². The molecule has 0 aromatic heterocycles. The fourth-order valence-corrected chi connectivity index (χ4v) is 2.25. The highest BCUT2D eigenvalue weighted by Crippen LogP contribution is 2.26. The molecule has 0 spiro atoms. The number of hydrogen-bond acceptors (Lipinski definition) is 3. The van der Waals surface area contributed by atoms with Crippen LogP contribution in [0.25, 0.3) is 0 Å². The van der Waals surface area contributed by atoms with Crippen LogP contribution in [-0.4, -0.2) is 12.6 Å². The van der Waals surface area contributed by atoms with E-state index in [1.807, 2.05) is 6.07 Å². The van der Waals surface area contributed by atoms with Gasteiger partial charge in [0, 0.05) is 10.4 Å². The molecule has 1 aromatic carbocycles. The molecule has 0 saturated carbocycles. The Morgan fingerprint density at radius 3 is 2.81 bits per heavy atom. The Balaban J connectivity index is 3.37. The molecule has 3 nitrogen and oxygen atoms in total. The van der Waals surface area contributed by atoms with E-state index in [2.05, 4.69) is 15.9 Å². The fourth-order valence-electron chi connectivity index (χ4n) is 1.28. The molecule has 0 N–H and O–H groups in total. The van der Waals surface area contributed by atoms with E-state index < -0.39 is 5.97 Å². The quantitative estimate of drug-likeness (QED) is 0.636. The molecule has 0 atom stereocenters. The van der Waals surface area contributed by atoms with Crippen molar-refractivity contribution in [1.82, 2.24) is 0 Å². The molecule has 0 fully saturated rings. The van der Waals surface area contributed by atoms with Gasteiger partial charge in [0.15, 0.2) is 0 Å². The third-order valence-corrected chi connectivity index (χ3v) is 2.90. The van der Waals surface area contributed by atoms with Crippen LogP contribution in [0.5, 0.6) is 0 Å². The number of alkyl halides is 1. The molecule has 0 bridgehead atoms. The summed E-state index contributed by atoms with van der Waals surface area (Å²) in [6, 6.07) is 5.07. The Bertz CT molecular complexity index is 454. The number of halogens is 2. The maximum atomic E-state index is 11.7. The largest absolute Gasteiger partial charge is 0.462 e. The van der Waals surface area contributed by atoms with Gasteiger partial charge in [0.1, 0.15) is 6.07 Å². The molecule has 0 aliphatic rings. The van der Waals surface area contributed by atoms with E-state index in [-0.39, 0.29) is 17.7 Å². The first-order valence-electron chi connectivity index (χ1n) is 4.60. The highest BCUT2D eigenvalue weighted by molar-refractivity contribution is 9.08. The number of rotatable bonds is 3. The van der Waals surface area contributed by atoms with E-state index in [1.165, 1.54) is 6.07 Å². The summed E-state index contributed by atoms with van der Waals surface area (Å²) in [6.07, 6.45) is 0. The van der Waals surface area contributed by atoms with Crippen molar-refractivity contribution in [3.63, 3.8) is 0 Å². The van der Waals surface area contributed by atoms with E-state index in [0.29, 0.717) is 15.9 Å². The van der Waals surface area contributed by atoms with Crippen molar-refractivity contribution >= 4 is 33.5 Å².